The van der Waals surface area contributed by atoms with Gasteiger partial charge in [-0.15, -0.1) is 0 Å². The van der Waals surface area contributed by atoms with E-state index in [1.807, 2.05) is 19.9 Å². The van der Waals surface area contributed by atoms with Crippen molar-refractivity contribution in [3.05, 3.63) is 41.7 Å². The van der Waals surface area contributed by atoms with Gasteiger partial charge in [-0.1, -0.05) is 0 Å². The summed E-state index contributed by atoms with van der Waals surface area (Å²) in [6, 6.07) is 9.45. The van der Waals surface area contributed by atoms with E-state index in [4.69, 9.17) is 14.2 Å². The van der Waals surface area contributed by atoms with E-state index in [2.05, 4.69) is 9.97 Å². The number of hydrogen-bond donors (Lipinski definition) is 0. The molecule has 0 spiro atoms. The van der Waals surface area contributed by atoms with Crippen LogP contribution in [0.5, 0.6) is 17.5 Å². The van der Waals surface area contributed by atoms with Crippen molar-refractivity contribution in [3.8, 4) is 17.5 Å². The Morgan fingerprint density at radius 1 is 1.15 bits per heavy atom. The molecule has 1 amide bonds. The highest BCUT2D eigenvalue weighted by atomic mass is 16.5. The Balaban J connectivity index is 1.52. The van der Waals surface area contributed by atoms with Crippen molar-refractivity contribution in [3.63, 3.8) is 0 Å². The lowest BCUT2D eigenvalue weighted by atomic mass is 10.1. The zero-order chi connectivity index (χ0) is 19.2. The number of nitrogens with zero attached hydrogens (tertiary/aromatic N) is 3. The molecule has 1 aliphatic heterocycles. The standard InChI is InChI=1S/C20H25N3O4/c1-14-11-15(2)22-20(21-14)27-18-5-4-10-23(12-18)19(24)13-26-17-8-6-16(25-3)7-9-17/h6-9,11,18H,4-5,10,12-13H2,1-3H3. The Morgan fingerprint density at radius 2 is 1.81 bits per heavy atom. The van der Waals surface area contributed by atoms with Gasteiger partial charge in [-0.25, -0.2) is 9.97 Å². The fourth-order valence-corrected chi connectivity index (χ4v) is 3.06. The van der Waals surface area contributed by atoms with E-state index in [-0.39, 0.29) is 18.6 Å². The summed E-state index contributed by atoms with van der Waals surface area (Å²) in [4.78, 5) is 22.9. The number of hydrogen-bond acceptors (Lipinski definition) is 6. The highest BCUT2D eigenvalue weighted by Crippen LogP contribution is 2.19. The van der Waals surface area contributed by atoms with Crippen LogP contribution in [0.2, 0.25) is 0 Å². The normalized spacial score (nSPS) is 16.7. The summed E-state index contributed by atoms with van der Waals surface area (Å²) in [6.45, 7) is 5.04. The van der Waals surface area contributed by atoms with Crippen molar-refractivity contribution in [2.45, 2.75) is 32.8 Å². The maximum absolute atomic E-state index is 12.5. The molecule has 0 radical (unpaired) electrons. The van der Waals surface area contributed by atoms with Crippen LogP contribution in [0.4, 0.5) is 0 Å². The van der Waals surface area contributed by atoms with Gasteiger partial charge in [-0.05, 0) is 57.0 Å². The van der Waals surface area contributed by atoms with Crippen molar-refractivity contribution in [2.24, 2.45) is 0 Å². The lowest BCUT2D eigenvalue weighted by molar-refractivity contribution is -0.136. The van der Waals surface area contributed by atoms with Gasteiger partial charge in [0.05, 0.1) is 13.7 Å². The molecule has 1 atom stereocenters. The first kappa shape index (κ1) is 18.9. The van der Waals surface area contributed by atoms with Crippen LogP contribution in [0.15, 0.2) is 30.3 Å². The Kier molecular flexibility index (Phi) is 6.11. The molecule has 1 aromatic heterocycles. The molecule has 7 heteroatoms. The van der Waals surface area contributed by atoms with Crippen molar-refractivity contribution < 1.29 is 19.0 Å². The summed E-state index contributed by atoms with van der Waals surface area (Å²) in [7, 11) is 1.61. The minimum atomic E-state index is -0.107. The maximum atomic E-state index is 12.5. The molecule has 144 valence electrons. The van der Waals surface area contributed by atoms with Crippen molar-refractivity contribution in [1.29, 1.82) is 0 Å². The maximum Gasteiger partial charge on any atom is 0.317 e. The molecule has 1 unspecified atom stereocenters. The highest BCUT2D eigenvalue weighted by Gasteiger charge is 2.26. The minimum absolute atomic E-state index is 0.000891. The average Bonchev–Trinajstić information content (AvgIpc) is 2.66. The minimum Gasteiger partial charge on any atom is -0.497 e. The van der Waals surface area contributed by atoms with Gasteiger partial charge < -0.3 is 19.1 Å². The number of piperidine rings is 1. The molecular weight excluding hydrogens is 346 g/mol. The van der Waals surface area contributed by atoms with Gasteiger partial charge in [0.25, 0.3) is 5.91 Å². The molecule has 1 fully saturated rings. The zero-order valence-electron chi connectivity index (χ0n) is 16.0. The van der Waals surface area contributed by atoms with E-state index in [9.17, 15) is 4.79 Å². The van der Waals surface area contributed by atoms with Crippen LogP contribution in [-0.2, 0) is 4.79 Å². The first-order valence-corrected chi connectivity index (χ1v) is 9.07. The largest absolute Gasteiger partial charge is 0.497 e. The van der Waals surface area contributed by atoms with Crippen LogP contribution in [0, 0.1) is 13.8 Å². The fraction of sp³-hybridized carbons (Fsp3) is 0.450. The number of ether oxygens (including phenoxy) is 3. The molecule has 27 heavy (non-hydrogen) atoms. The van der Waals surface area contributed by atoms with Crippen LogP contribution < -0.4 is 14.2 Å². The summed E-state index contributed by atoms with van der Waals surface area (Å²) in [5.74, 6) is 1.33. The van der Waals surface area contributed by atoms with Gasteiger partial charge in [0.15, 0.2) is 6.61 Å². The van der Waals surface area contributed by atoms with E-state index < -0.39 is 0 Å². The Bertz CT molecular complexity index is 759. The number of likely N-dealkylation sites (tertiary alicyclic amines) is 1. The zero-order valence-corrected chi connectivity index (χ0v) is 16.0. The van der Waals surface area contributed by atoms with Gasteiger partial charge in [0.1, 0.15) is 17.6 Å². The number of aromatic nitrogens is 2. The summed E-state index contributed by atoms with van der Waals surface area (Å²) in [6.07, 6.45) is 1.65. The van der Waals surface area contributed by atoms with Crippen LogP contribution in [0.25, 0.3) is 0 Å². The molecule has 0 saturated carbocycles. The first-order chi connectivity index (χ1) is 13.0. The van der Waals surface area contributed by atoms with Crippen molar-refractivity contribution >= 4 is 5.91 Å². The topological polar surface area (TPSA) is 73.8 Å². The second-order valence-corrected chi connectivity index (χ2v) is 6.62. The molecule has 2 heterocycles. The van der Waals surface area contributed by atoms with Gasteiger partial charge in [0, 0.05) is 17.9 Å². The van der Waals surface area contributed by atoms with E-state index in [1.165, 1.54) is 0 Å². The number of carbonyl (C=O) groups is 1. The Labute approximate surface area is 159 Å². The molecule has 3 rings (SSSR count). The summed E-state index contributed by atoms with van der Waals surface area (Å²) >= 11 is 0. The third-order valence-corrected chi connectivity index (χ3v) is 4.39. The number of amides is 1. The third kappa shape index (κ3) is 5.32. The summed E-state index contributed by atoms with van der Waals surface area (Å²) in [5, 5.41) is 0. The summed E-state index contributed by atoms with van der Waals surface area (Å²) < 4.78 is 16.6. The third-order valence-electron chi connectivity index (χ3n) is 4.39. The van der Waals surface area contributed by atoms with Gasteiger partial charge in [-0.3, -0.25) is 4.79 Å². The Hall–Kier alpha value is -2.83. The monoisotopic (exact) mass is 371 g/mol. The molecule has 1 aromatic carbocycles. The SMILES string of the molecule is COc1ccc(OCC(=O)N2CCCC(Oc3nc(C)cc(C)n3)C2)cc1. The highest BCUT2D eigenvalue weighted by molar-refractivity contribution is 5.77. The molecule has 7 nitrogen and oxygen atoms in total. The van der Waals surface area contributed by atoms with Crippen LogP contribution in [0.3, 0.4) is 0 Å². The Morgan fingerprint density at radius 3 is 2.48 bits per heavy atom. The van der Waals surface area contributed by atoms with Crippen LogP contribution in [-0.4, -0.2) is 53.7 Å². The molecule has 0 N–H and O–H groups in total. The summed E-state index contributed by atoms with van der Waals surface area (Å²) in [5.41, 5.74) is 1.74. The molecule has 0 bridgehead atoms. The van der Waals surface area contributed by atoms with E-state index in [1.54, 1.807) is 36.3 Å². The van der Waals surface area contributed by atoms with Gasteiger partial charge >= 0.3 is 6.01 Å². The molecule has 1 saturated heterocycles. The number of rotatable bonds is 6. The smallest absolute Gasteiger partial charge is 0.317 e. The van der Waals surface area contributed by atoms with Crippen LogP contribution >= 0.6 is 0 Å². The number of benzene rings is 1. The van der Waals surface area contributed by atoms with Gasteiger partial charge in [-0.2, -0.15) is 0 Å². The average molecular weight is 371 g/mol. The number of carbonyl (C=O) groups excluding carboxylic acids is 1. The second-order valence-electron chi connectivity index (χ2n) is 6.62. The van der Waals surface area contributed by atoms with E-state index in [0.717, 1.165) is 30.0 Å². The predicted octanol–water partition coefficient (Wildman–Crippen LogP) is 2.55. The lowest BCUT2D eigenvalue weighted by Gasteiger charge is -2.32. The molecular formula is C20H25N3O4. The van der Waals surface area contributed by atoms with Crippen molar-refractivity contribution in [2.75, 3.05) is 26.8 Å². The number of methoxy groups -OCH3 is 1. The quantitative estimate of drug-likeness (QED) is 0.777. The number of aryl methyl sites for hydroxylation is 2. The second kappa shape index (κ2) is 8.70. The van der Waals surface area contributed by atoms with Crippen molar-refractivity contribution in [1.82, 2.24) is 14.9 Å². The fourth-order valence-electron chi connectivity index (χ4n) is 3.06. The molecule has 1 aliphatic rings. The van der Waals surface area contributed by atoms with Crippen LogP contribution in [0.1, 0.15) is 24.2 Å². The van der Waals surface area contributed by atoms with E-state index >= 15 is 0 Å². The van der Waals surface area contributed by atoms with E-state index in [0.29, 0.717) is 24.8 Å². The first-order valence-electron chi connectivity index (χ1n) is 9.07. The predicted molar refractivity (Wildman–Crippen MR) is 100 cm³/mol. The lowest BCUT2D eigenvalue weighted by Crippen LogP contribution is -2.46. The molecule has 2 aromatic rings. The molecule has 0 aliphatic carbocycles. The van der Waals surface area contributed by atoms with Gasteiger partial charge in [0.2, 0.25) is 0 Å².